The van der Waals surface area contributed by atoms with Gasteiger partial charge in [-0.2, -0.15) is 0 Å². The lowest BCUT2D eigenvalue weighted by atomic mass is 10.1. The van der Waals surface area contributed by atoms with Crippen LogP contribution in [0.3, 0.4) is 0 Å². The SMILES string of the molecule is CCn1c2ccccc2c2cc(-n3nncc3CNc3ccccc3)ccc21. The average molecular weight is 367 g/mol. The van der Waals surface area contributed by atoms with Gasteiger partial charge in [-0.25, -0.2) is 4.68 Å². The third-order valence-corrected chi connectivity index (χ3v) is 5.18. The minimum absolute atomic E-state index is 0.659. The first-order valence-electron chi connectivity index (χ1n) is 9.55. The quantitative estimate of drug-likeness (QED) is 0.475. The van der Waals surface area contributed by atoms with Crippen molar-refractivity contribution in [3.05, 3.63) is 84.7 Å². The van der Waals surface area contributed by atoms with Crippen molar-refractivity contribution in [3.63, 3.8) is 0 Å². The molecule has 5 aromatic rings. The smallest absolute Gasteiger partial charge is 0.0836 e. The maximum Gasteiger partial charge on any atom is 0.0836 e. The van der Waals surface area contributed by atoms with E-state index in [1.807, 2.05) is 29.1 Å². The highest BCUT2D eigenvalue weighted by Gasteiger charge is 2.12. The first-order valence-corrected chi connectivity index (χ1v) is 9.55. The van der Waals surface area contributed by atoms with Crippen LogP contribution < -0.4 is 5.32 Å². The predicted molar refractivity (Wildman–Crippen MR) is 114 cm³/mol. The molecule has 0 aliphatic rings. The highest BCUT2D eigenvalue weighted by atomic mass is 15.4. The highest BCUT2D eigenvalue weighted by molar-refractivity contribution is 6.08. The normalized spacial score (nSPS) is 11.3. The van der Waals surface area contributed by atoms with Crippen LogP contribution in [0, 0.1) is 0 Å². The molecule has 0 atom stereocenters. The molecule has 2 heterocycles. The fourth-order valence-corrected chi connectivity index (χ4v) is 3.86. The molecule has 2 aromatic heterocycles. The number of hydrogen-bond donors (Lipinski definition) is 1. The fourth-order valence-electron chi connectivity index (χ4n) is 3.86. The van der Waals surface area contributed by atoms with Gasteiger partial charge in [-0.15, -0.1) is 5.10 Å². The van der Waals surface area contributed by atoms with Crippen molar-refractivity contribution in [1.82, 2.24) is 19.6 Å². The van der Waals surface area contributed by atoms with E-state index in [1.165, 1.54) is 21.8 Å². The fraction of sp³-hybridized carbons (Fsp3) is 0.130. The van der Waals surface area contributed by atoms with Gasteiger partial charge in [0.25, 0.3) is 0 Å². The number of anilines is 1. The van der Waals surface area contributed by atoms with E-state index in [0.717, 1.165) is 23.6 Å². The van der Waals surface area contributed by atoms with Crippen LogP contribution >= 0.6 is 0 Å². The summed E-state index contributed by atoms with van der Waals surface area (Å²) in [5.74, 6) is 0. The number of hydrogen-bond acceptors (Lipinski definition) is 3. The molecule has 1 N–H and O–H groups in total. The van der Waals surface area contributed by atoms with E-state index in [4.69, 9.17) is 0 Å². The summed E-state index contributed by atoms with van der Waals surface area (Å²) in [6, 6.07) is 25.3. The second-order valence-corrected chi connectivity index (χ2v) is 6.82. The monoisotopic (exact) mass is 367 g/mol. The van der Waals surface area contributed by atoms with Crippen molar-refractivity contribution in [2.45, 2.75) is 20.0 Å². The summed E-state index contributed by atoms with van der Waals surface area (Å²) < 4.78 is 4.26. The number of nitrogens with one attached hydrogen (secondary N) is 1. The van der Waals surface area contributed by atoms with Gasteiger partial charge < -0.3 is 9.88 Å². The molecule has 0 saturated heterocycles. The molecule has 5 nitrogen and oxygen atoms in total. The van der Waals surface area contributed by atoms with Gasteiger partial charge in [-0.1, -0.05) is 41.6 Å². The van der Waals surface area contributed by atoms with E-state index in [2.05, 4.69) is 81.7 Å². The van der Waals surface area contributed by atoms with Gasteiger partial charge in [-0.05, 0) is 43.3 Å². The van der Waals surface area contributed by atoms with E-state index in [0.29, 0.717) is 6.54 Å². The Balaban J connectivity index is 1.55. The first kappa shape index (κ1) is 16.6. The zero-order valence-electron chi connectivity index (χ0n) is 15.7. The standard InChI is InChI=1S/C23H21N5/c1-2-27-22-11-7-6-10-20(22)21-14-18(12-13-23(21)27)28-19(16-25-26-28)15-24-17-8-4-3-5-9-17/h3-14,16,24H,2,15H2,1H3. The van der Waals surface area contributed by atoms with Crippen LogP contribution in [0.15, 0.2) is 79.0 Å². The van der Waals surface area contributed by atoms with Crippen molar-refractivity contribution in [2.24, 2.45) is 0 Å². The third kappa shape index (κ3) is 2.72. The van der Waals surface area contributed by atoms with Gasteiger partial charge in [-0.3, -0.25) is 0 Å². The largest absolute Gasteiger partial charge is 0.379 e. The van der Waals surface area contributed by atoms with Crippen LogP contribution in [0.5, 0.6) is 0 Å². The minimum atomic E-state index is 0.659. The van der Waals surface area contributed by atoms with Crippen molar-refractivity contribution >= 4 is 27.5 Å². The van der Waals surface area contributed by atoms with Crippen molar-refractivity contribution < 1.29 is 0 Å². The van der Waals surface area contributed by atoms with Gasteiger partial charge >= 0.3 is 0 Å². The summed E-state index contributed by atoms with van der Waals surface area (Å²) >= 11 is 0. The molecule has 138 valence electrons. The lowest BCUT2D eigenvalue weighted by molar-refractivity contribution is 0.770. The van der Waals surface area contributed by atoms with E-state index < -0.39 is 0 Å². The van der Waals surface area contributed by atoms with Gasteiger partial charge in [0.1, 0.15) is 0 Å². The molecule has 0 unspecified atom stereocenters. The topological polar surface area (TPSA) is 47.7 Å². The molecule has 5 rings (SSSR count). The molecule has 0 bridgehead atoms. The summed E-state index contributed by atoms with van der Waals surface area (Å²) in [5.41, 5.74) is 5.63. The Labute approximate surface area is 163 Å². The molecule has 5 heteroatoms. The Morgan fingerprint density at radius 2 is 1.64 bits per heavy atom. The predicted octanol–water partition coefficient (Wildman–Crippen LogP) is 5.01. The molecular weight excluding hydrogens is 346 g/mol. The lowest BCUT2D eigenvalue weighted by Crippen LogP contribution is -2.07. The number of aromatic nitrogens is 4. The van der Waals surface area contributed by atoms with Crippen molar-refractivity contribution in [1.29, 1.82) is 0 Å². The molecule has 0 radical (unpaired) electrons. The lowest BCUT2D eigenvalue weighted by Gasteiger charge is -2.09. The Morgan fingerprint density at radius 1 is 0.857 bits per heavy atom. The van der Waals surface area contributed by atoms with E-state index in [-0.39, 0.29) is 0 Å². The van der Waals surface area contributed by atoms with Gasteiger partial charge in [0.2, 0.25) is 0 Å². The Kier molecular flexibility index (Phi) is 4.05. The molecule has 0 aliphatic heterocycles. The molecule has 3 aromatic carbocycles. The maximum atomic E-state index is 4.33. The first-order chi connectivity index (χ1) is 13.8. The van der Waals surface area contributed by atoms with Crippen LogP contribution in [-0.2, 0) is 13.1 Å². The number of benzene rings is 3. The summed E-state index contributed by atoms with van der Waals surface area (Å²) in [4.78, 5) is 0. The number of nitrogens with zero attached hydrogens (tertiary/aromatic N) is 4. The number of rotatable bonds is 5. The summed E-state index contributed by atoms with van der Waals surface area (Å²) in [7, 11) is 0. The molecular formula is C23H21N5. The van der Waals surface area contributed by atoms with Gasteiger partial charge in [0.05, 0.1) is 24.1 Å². The Hall–Kier alpha value is -3.60. The Bertz CT molecular complexity index is 1250. The van der Waals surface area contributed by atoms with Crippen LogP contribution in [0.2, 0.25) is 0 Å². The van der Waals surface area contributed by atoms with E-state index in [1.54, 1.807) is 0 Å². The number of fused-ring (bicyclic) bond motifs is 3. The molecule has 0 fully saturated rings. The third-order valence-electron chi connectivity index (χ3n) is 5.18. The summed E-state index contributed by atoms with van der Waals surface area (Å²) in [5, 5.41) is 14.4. The van der Waals surface area contributed by atoms with Crippen molar-refractivity contribution in [2.75, 3.05) is 5.32 Å². The second-order valence-electron chi connectivity index (χ2n) is 6.82. The van der Waals surface area contributed by atoms with E-state index >= 15 is 0 Å². The van der Waals surface area contributed by atoms with Crippen molar-refractivity contribution in [3.8, 4) is 5.69 Å². The van der Waals surface area contributed by atoms with Crippen LogP contribution in [0.4, 0.5) is 5.69 Å². The Morgan fingerprint density at radius 3 is 2.50 bits per heavy atom. The zero-order chi connectivity index (χ0) is 18.9. The average Bonchev–Trinajstić information content (AvgIpc) is 3.35. The van der Waals surface area contributed by atoms with Gasteiger partial charge in [0, 0.05) is 34.0 Å². The molecule has 0 amide bonds. The molecule has 0 saturated carbocycles. The van der Waals surface area contributed by atoms with Crippen LogP contribution in [-0.4, -0.2) is 19.6 Å². The molecule has 28 heavy (non-hydrogen) atoms. The molecule has 0 spiro atoms. The zero-order valence-corrected chi connectivity index (χ0v) is 15.7. The molecule has 0 aliphatic carbocycles. The minimum Gasteiger partial charge on any atom is -0.379 e. The maximum absolute atomic E-state index is 4.33. The van der Waals surface area contributed by atoms with Gasteiger partial charge in [0.15, 0.2) is 0 Å². The van der Waals surface area contributed by atoms with Crippen LogP contribution in [0.1, 0.15) is 12.6 Å². The number of para-hydroxylation sites is 2. The highest BCUT2D eigenvalue weighted by Crippen LogP contribution is 2.30. The summed E-state index contributed by atoms with van der Waals surface area (Å²) in [6.45, 7) is 3.79. The van der Waals surface area contributed by atoms with E-state index in [9.17, 15) is 0 Å². The summed E-state index contributed by atoms with van der Waals surface area (Å²) in [6.07, 6.45) is 1.81. The second kappa shape index (κ2) is 6.85. The number of aryl methyl sites for hydroxylation is 1. The van der Waals surface area contributed by atoms with Crippen LogP contribution in [0.25, 0.3) is 27.5 Å².